The van der Waals surface area contributed by atoms with Gasteiger partial charge in [-0.05, 0) is 31.5 Å². The Morgan fingerprint density at radius 1 is 1.58 bits per heavy atom. The highest BCUT2D eigenvalue weighted by molar-refractivity contribution is 5.95. The molecule has 0 heterocycles. The molecule has 0 spiro atoms. The minimum absolute atomic E-state index is 0.108. The number of ether oxygens (including phenoxy) is 1. The predicted octanol–water partition coefficient (Wildman–Crippen LogP) is 2.21. The monoisotopic (exact) mass is 167 g/mol. The lowest BCUT2D eigenvalue weighted by Gasteiger charge is -2.04. The van der Waals surface area contributed by atoms with Gasteiger partial charge >= 0.3 is 0 Å². The topological polar surface area (TPSA) is 26.3 Å². The van der Waals surface area contributed by atoms with Crippen molar-refractivity contribution in [2.75, 3.05) is 7.04 Å². The molecule has 0 fully saturated rings. The van der Waals surface area contributed by atoms with E-state index in [9.17, 15) is 4.79 Å². The van der Waals surface area contributed by atoms with Crippen LogP contribution >= 0.6 is 0 Å². The maximum absolute atomic E-state index is 11.2. The third-order valence-electron chi connectivity index (χ3n) is 1.71. The second kappa shape index (κ2) is 3.39. The highest BCUT2D eigenvalue weighted by atomic mass is 16.5. The molecule has 1 rings (SSSR count). The number of hydrogen-bond donors (Lipinski definition) is 0. The zero-order valence-corrected chi connectivity index (χ0v) is 7.05. The second-order valence-corrected chi connectivity index (χ2v) is 2.63. The average molecular weight is 167 g/mol. The number of rotatable bonds is 2. The zero-order chi connectivity index (χ0) is 11.6. The molecule has 0 N–H and O–H groups in total. The van der Waals surface area contributed by atoms with Crippen molar-refractivity contribution in [1.29, 1.82) is 0 Å². The van der Waals surface area contributed by atoms with Crippen LogP contribution in [0.2, 0.25) is 0 Å². The van der Waals surface area contributed by atoms with E-state index in [0.29, 0.717) is 5.56 Å². The average Bonchev–Trinajstić information content (AvgIpc) is 2.05. The molecule has 0 amide bonds. The number of ketones is 1. The van der Waals surface area contributed by atoms with E-state index in [0.717, 1.165) is 5.56 Å². The summed E-state index contributed by atoms with van der Waals surface area (Å²) in [6, 6.07) is 4.65. The molecule has 0 radical (unpaired) electrons. The van der Waals surface area contributed by atoms with Crippen LogP contribution in [0.4, 0.5) is 0 Å². The Hall–Kier alpha value is -1.31. The molecular formula is C10H12O2. The number of benzene rings is 1. The van der Waals surface area contributed by atoms with E-state index in [4.69, 9.17) is 8.85 Å². The van der Waals surface area contributed by atoms with Gasteiger partial charge in [0, 0.05) is 5.56 Å². The number of methoxy groups -OCH3 is 1. The third kappa shape index (κ3) is 1.64. The highest BCUT2D eigenvalue weighted by Crippen LogP contribution is 2.16. The van der Waals surface area contributed by atoms with Crippen LogP contribution in [0.5, 0.6) is 5.75 Å². The molecule has 0 aliphatic heterocycles. The normalized spacial score (nSPS) is 14.3. The molecular weight excluding hydrogens is 152 g/mol. The zero-order valence-electron chi connectivity index (χ0n) is 10.0. The van der Waals surface area contributed by atoms with Gasteiger partial charge < -0.3 is 4.74 Å². The molecule has 0 unspecified atom stereocenters. The smallest absolute Gasteiger partial charge is 0.160 e. The lowest BCUT2D eigenvalue weighted by atomic mass is 10.1. The van der Waals surface area contributed by atoms with Crippen LogP contribution in [0, 0.1) is 6.92 Å². The van der Waals surface area contributed by atoms with Gasteiger partial charge in [-0.25, -0.2) is 0 Å². The van der Waals surface area contributed by atoms with E-state index in [1.54, 1.807) is 13.0 Å². The van der Waals surface area contributed by atoms with Crippen molar-refractivity contribution in [2.45, 2.75) is 13.8 Å². The molecule has 0 saturated carbocycles. The Labute approximate surface area is 76.4 Å². The first-order chi connectivity index (χ1) is 6.79. The van der Waals surface area contributed by atoms with Crippen molar-refractivity contribution in [3.8, 4) is 5.75 Å². The van der Waals surface area contributed by atoms with E-state index in [1.807, 2.05) is 0 Å². The predicted molar refractivity (Wildman–Crippen MR) is 47.7 cm³/mol. The van der Waals surface area contributed by atoms with Crippen LogP contribution in [0.1, 0.15) is 27.0 Å². The molecule has 64 valence electrons. The summed E-state index contributed by atoms with van der Waals surface area (Å²) in [4.78, 5) is 11.2. The van der Waals surface area contributed by atoms with Gasteiger partial charge in [-0.15, -0.1) is 0 Å². The maximum atomic E-state index is 11.2. The highest BCUT2D eigenvalue weighted by Gasteiger charge is 2.04. The summed E-state index contributed by atoms with van der Waals surface area (Å²) >= 11 is 0. The maximum Gasteiger partial charge on any atom is 0.160 e. The summed E-state index contributed by atoms with van der Waals surface area (Å²) in [5, 5.41) is 0. The first-order valence-corrected chi connectivity index (χ1v) is 3.60. The molecule has 1 aromatic carbocycles. The van der Waals surface area contributed by atoms with Crippen molar-refractivity contribution >= 4 is 5.78 Å². The number of aryl methyl sites for hydroxylation is 1. The SMILES string of the molecule is [2H]C([2H])([2H])Oc1ccc(C)c(C(C)=O)c1. The van der Waals surface area contributed by atoms with Gasteiger partial charge in [0.2, 0.25) is 0 Å². The molecule has 2 heteroatoms. The van der Waals surface area contributed by atoms with Crippen LogP contribution in [-0.4, -0.2) is 12.8 Å². The van der Waals surface area contributed by atoms with Gasteiger partial charge in [0.15, 0.2) is 5.78 Å². The quantitative estimate of drug-likeness (QED) is 0.631. The van der Waals surface area contributed by atoms with E-state index < -0.39 is 7.04 Å². The fourth-order valence-corrected chi connectivity index (χ4v) is 1.04. The van der Waals surface area contributed by atoms with Gasteiger partial charge in [-0.3, -0.25) is 4.79 Å². The molecule has 2 nitrogen and oxygen atoms in total. The van der Waals surface area contributed by atoms with Crippen LogP contribution in [-0.2, 0) is 0 Å². The fraction of sp³-hybridized carbons (Fsp3) is 0.300. The first-order valence-electron chi connectivity index (χ1n) is 5.10. The minimum atomic E-state index is -2.48. The van der Waals surface area contributed by atoms with Crippen molar-refractivity contribution in [1.82, 2.24) is 0 Å². The summed E-state index contributed by atoms with van der Waals surface area (Å²) in [7, 11) is -2.48. The van der Waals surface area contributed by atoms with Crippen LogP contribution in [0.15, 0.2) is 18.2 Å². The third-order valence-corrected chi connectivity index (χ3v) is 1.71. The van der Waals surface area contributed by atoms with Crippen LogP contribution in [0.3, 0.4) is 0 Å². The number of Topliss-reactive ketones (excluding diaryl/α,β-unsaturated/α-hetero) is 1. The number of carbonyl (C=O) groups excluding carboxylic acids is 1. The fourth-order valence-electron chi connectivity index (χ4n) is 1.04. The van der Waals surface area contributed by atoms with Gasteiger partial charge in [-0.2, -0.15) is 0 Å². The molecule has 0 saturated heterocycles. The lowest BCUT2D eigenvalue weighted by molar-refractivity contribution is 0.101. The first kappa shape index (κ1) is 5.36. The largest absolute Gasteiger partial charge is 0.497 e. The Balaban J connectivity index is 3.03. The van der Waals surface area contributed by atoms with Gasteiger partial charge in [0.05, 0.1) is 11.2 Å². The Morgan fingerprint density at radius 3 is 2.92 bits per heavy atom. The Kier molecular flexibility index (Phi) is 1.51. The van der Waals surface area contributed by atoms with Crippen molar-refractivity contribution < 1.29 is 13.6 Å². The lowest BCUT2D eigenvalue weighted by Crippen LogP contribution is -1.96. The van der Waals surface area contributed by atoms with Crippen LogP contribution in [0.25, 0.3) is 0 Å². The summed E-state index contributed by atoms with van der Waals surface area (Å²) in [5.41, 5.74) is 1.29. The van der Waals surface area contributed by atoms with Gasteiger partial charge in [0.1, 0.15) is 5.75 Å². The molecule has 0 aromatic heterocycles. The molecule has 0 bridgehead atoms. The summed E-state index contributed by atoms with van der Waals surface area (Å²) in [6.07, 6.45) is 0. The van der Waals surface area contributed by atoms with E-state index in [1.165, 1.54) is 19.1 Å². The van der Waals surface area contributed by atoms with E-state index in [2.05, 4.69) is 0 Å². The van der Waals surface area contributed by atoms with Crippen LogP contribution < -0.4 is 4.74 Å². The van der Waals surface area contributed by atoms with E-state index >= 15 is 0 Å². The van der Waals surface area contributed by atoms with Crippen molar-refractivity contribution in [3.05, 3.63) is 29.3 Å². The minimum Gasteiger partial charge on any atom is -0.497 e. The molecule has 0 atom stereocenters. The summed E-state index contributed by atoms with van der Waals surface area (Å²) in [5.74, 6) is 0.0780. The molecule has 12 heavy (non-hydrogen) atoms. The second-order valence-electron chi connectivity index (χ2n) is 2.63. The molecule has 0 aliphatic rings. The van der Waals surface area contributed by atoms with Crippen molar-refractivity contribution in [3.63, 3.8) is 0 Å². The Bertz CT molecular complexity index is 383. The number of carbonyl (C=O) groups is 1. The van der Waals surface area contributed by atoms with E-state index in [-0.39, 0.29) is 11.5 Å². The van der Waals surface area contributed by atoms with Gasteiger partial charge in [0.25, 0.3) is 0 Å². The van der Waals surface area contributed by atoms with Crippen molar-refractivity contribution in [2.24, 2.45) is 0 Å². The Morgan fingerprint density at radius 2 is 2.33 bits per heavy atom. The molecule has 0 aliphatic carbocycles. The standard InChI is InChI=1S/C10H12O2/c1-7-4-5-9(12-3)6-10(7)8(2)11/h4-6H,1-3H3/i3D3. The van der Waals surface area contributed by atoms with Gasteiger partial charge in [-0.1, -0.05) is 6.07 Å². The molecule has 1 aromatic rings. The summed E-state index contributed by atoms with van der Waals surface area (Å²) < 4.78 is 25.5. The number of hydrogen-bond acceptors (Lipinski definition) is 2. The summed E-state index contributed by atoms with van der Waals surface area (Å²) in [6.45, 7) is 3.22.